The molecule has 0 bridgehead atoms. The summed E-state index contributed by atoms with van der Waals surface area (Å²) in [7, 11) is 0. The van der Waals surface area contributed by atoms with E-state index in [0.717, 1.165) is 30.8 Å². The first-order chi connectivity index (χ1) is 13.9. The van der Waals surface area contributed by atoms with Crippen LogP contribution in [0.5, 0.6) is 0 Å². The molecule has 1 aromatic carbocycles. The van der Waals surface area contributed by atoms with E-state index in [1.165, 1.54) is 11.3 Å². The average Bonchev–Trinajstić information content (AvgIpc) is 3.10. The lowest BCUT2D eigenvalue weighted by atomic mass is 10.0. The minimum Gasteiger partial charge on any atom is -0.350 e. The van der Waals surface area contributed by atoms with E-state index in [9.17, 15) is 4.79 Å². The fraction of sp³-hybridized carbons (Fsp3) is 0.500. The van der Waals surface area contributed by atoms with Crippen molar-refractivity contribution in [3.05, 3.63) is 52.4 Å². The lowest BCUT2D eigenvalue weighted by molar-refractivity contribution is -0.133. The number of aryl methyl sites for hydroxylation is 1. The Morgan fingerprint density at radius 1 is 1.24 bits per heavy atom. The highest BCUT2D eigenvalue weighted by Crippen LogP contribution is 2.38. The van der Waals surface area contributed by atoms with Crippen LogP contribution in [0.2, 0.25) is 5.02 Å². The third kappa shape index (κ3) is 4.09. The zero-order valence-electron chi connectivity index (χ0n) is 17.0. The van der Waals surface area contributed by atoms with Crippen LogP contribution in [0.25, 0.3) is 0 Å². The molecule has 1 aliphatic heterocycles. The van der Waals surface area contributed by atoms with Crippen molar-refractivity contribution in [1.29, 1.82) is 0 Å². The number of piperazine rings is 1. The van der Waals surface area contributed by atoms with E-state index in [-0.39, 0.29) is 11.9 Å². The van der Waals surface area contributed by atoms with Crippen LogP contribution in [0.3, 0.4) is 0 Å². The van der Waals surface area contributed by atoms with E-state index < -0.39 is 6.04 Å². The van der Waals surface area contributed by atoms with Gasteiger partial charge in [-0.25, -0.2) is 9.97 Å². The molecular weight excluding hydrogens is 386 g/mol. The molecular formula is C22H28ClN5O. The van der Waals surface area contributed by atoms with Gasteiger partial charge < -0.3 is 15.5 Å². The van der Waals surface area contributed by atoms with Gasteiger partial charge in [0, 0.05) is 42.0 Å². The van der Waals surface area contributed by atoms with E-state index in [1.807, 2.05) is 29.2 Å². The minimum absolute atomic E-state index is 0.00716. The van der Waals surface area contributed by atoms with E-state index in [1.54, 1.807) is 6.33 Å². The van der Waals surface area contributed by atoms with Crippen molar-refractivity contribution in [3.8, 4) is 0 Å². The third-order valence-electron chi connectivity index (χ3n) is 6.15. The number of hydrogen-bond donors (Lipinski definition) is 1. The molecule has 1 fully saturated rings. The number of benzene rings is 1. The quantitative estimate of drug-likeness (QED) is 0.834. The lowest BCUT2D eigenvalue weighted by Crippen LogP contribution is -2.57. The first kappa shape index (κ1) is 20.1. The fourth-order valence-electron chi connectivity index (χ4n) is 4.52. The highest BCUT2D eigenvalue weighted by Gasteiger charge is 2.33. The molecule has 3 atom stereocenters. The summed E-state index contributed by atoms with van der Waals surface area (Å²) >= 11 is 5.94. The van der Waals surface area contributed by atoms with Gasteiger partial charge >= 0.3 is 0 Å². The Kier molecular flexibility index (Phi) is 5.74. The van der Waals surface area contributed by atoms with Crippen molar-refractivity contribution in [2.24, 2.45) is 5.73 Å². The second-order valence-corrected chi connectivity index (χ2v) is 8.70. The first-order valence-electron chi connectivity index (χ1n) is 10.3. The number of nitrogens with two attached hydrogens (primary N) is 1. The van der Waals surface area contributed by atoms with Gasteiger partial charge in [-0.2, -0.15) is 0 Å². The maximum absolute atomic E-state index is 12.9. The summed E-state index contributed by atoms with van der Waals surface area (Å²) < 4.78 is 0. The Labute approximate surface area is 177 Å². The summed E-state index contributed by atoms with van der Waals surface area (Å²) in [5.74, 6) is 1.54. The van der Waals surface area contributed by atoms with Crippen molar-refractivity contribution in [2.45, 2.75) is 51.1 Å². The SMILES string of the molecule is C[C@@H]1CCc2ncnc(N3CCN(C(=O)C(N)Cc4ccc(Cl)cc4)C[C@@H]3C)c21. The molecule has 6 nitrogen and oxygen atoms in total. The second kappa shape index (κ2) is 8.28. The molecule has 1 aliphatic carbocycles. The first-order valence-corrected chi connectivity index (χ1v) is 10.7. The molecule has 1 amide bonds. The molecule has 2 N–H and O–H groups in total. The minimum atomic E-state index is -0.543. The van der Waals surface area contributed by atoms with Crippen LogP contribution in [0.4, 0.5) is 5.82 Å². The number of amides is 1. The van der Waals surface area contributed by atoms with Crippen LogP contribution in [-0.4, -0.2) is 52.5 Å². The van der Waals surface area contributed by atoms with E-state index >= 15 is 0 Å². The summed E-state index contributed by atoms with van der Waals surface area (Å²) in [6.07, 6.45) is 4.35. The van der Waals surface area contributed by atoms with Crippen LogP contribution < -0.4 is 10.6 Å². The molecule has 0 saturated carbocycles. The molecule has 2 aromatic rings. The Morgan fingerprint density at radius 3 is 2.72 bits per heavy atom. The van der Waals surface area contributed by atoms with Gasteiger partial charge in [0.2, 0.25) is 5.91 Å². The van der Waals surface area contributed by atoms with Crippen molar-refractivity contribution < 1.29 is 4.79 Å². The molecule has 1 aromatic heterocycles. The Bertz CT molecular complexity index is 887. The Morgan fingerprint density at radius 2 is 2.00 bits per heavy atom. The average molecular weight is 414 g/mol. The van der Waals surface area contributed by atoms with Gasteiger partial charge in [0.1, 0.15) is 12.1 Å². The van der Waals surface area contributed by atoms with Crippen molar-refractivity contribution in [3.63, 3.8) is 0 Å². The molecule has 0 radical (unpaired) electrons. The number of nitrogens with zero attached hydrogens (tertiary/aromatic N) is 4. The molecule has 154 valence electrons. The number of anilines is 1. The second-order valence-electron chi connectivity index (χ2n) is 8.26. The van der Waals surface area contributed by atoms with Crippen molar-refractivity contribution >= 4 is 23.3 Å². The highest BCUT2D eigenvalue weighted by molar-refractivity contribution is 6.30. The smallest absolute Gasteiger partial charge is 0.239 e. The van der Waals surface area contributed by atoms with Crippen LogP contribution in [0.15, 0.2) is 30.6 Å². The van der Waals surface area contributed by atoms with Gasteiger partial charge in [0.25, 0.3) is 0 Å². The molecule has 7 heteroatoms. The number of aromatic nitrogens is 2. The van der Waals surface area contributed by atoms with Crippen LogP contribution in [0, 0.1) is 0 Å². The number of hydrogen-bond acceptors (Lipinski definition) is 5. The molecule has 2 aliphatic rings. The monoisotopic (exact) mass is 413 g/mol. The topological polar surface area (TPSA) is 75.4 Å². The normalized spacial score (nSPS) is 22.5. The Hall–Kier alpha value is -2.18. The maximum atomic E-state index is 12.9. The van der Waals surface area contributed by atoms with E-state index in [2.05, 4.69) is 28.7 Å². The number of rotatable bonds is 4. The zero-order chi connectivity index (χ0) is 20.5. The van der Waals surface area contributed by atoms with Crippen molar-refractivity contribution in [2.75, 3.05) is 24.5 Å². The molecule has 29 heavy (non-hydrogen) atoms. The summed E-state index contributed by atoms with van der Waals surface area (Å²) in [5, 5.41) is 0.684. The summed E-state index contributed by atoms with van der Waals surface area (Å²) in [5.41, 5.74) is 9.73. The standard InChI is InChI=1S/C22H28ClN5O/c1-14-3-8-19-20(14)21(26-13-25-19)28-10-9-27(12-15(28)2)22(29)18(24)11-16-4-6-17(23)7-5-16/h4-7,13-15,18H,3,8-12,24H2,1-2H3/t14-,15+,18?/m1/s1. The van der Waals surface area contributed by atoms with Crippen LogP contribution >= 0.6 is 11.6 Å². The predicted molar refractivity (Wildman–Crippen MR) is 115 cm³/mol. The van der Waals surface area contributed by atoms with Gasteiger partial charge in [-0.3, -0.25) is 4.79 Å². The largest absolute Gasteiger partial charge is 0.350 e. The zero-order valence-corrected chi connectivity index (χ0v) is 17.8. The van der Waals surface area contributed by atoms with Gasteiger partial charge in [0.05, 0.1) is 6.04 Å². The molecule has 1 unspecified atom stereocenters. The van der Waals surface area contributed by atoms with Gasteiger partial charge in [0.15, 0.2) is 0 Å². The molecule has 4 rings (SSSR count). The van der Waals surface area contributed by atoms with Gasteiger partial charge in [-0.15, -0.1) is 0 Å². The van der Waals surface area contributed by atoms with Gasteiger partial charge in [-0.1, -0.05) is 30.7 Å². The van der Waals surface area contributed by atoms with E-state index in [4.69, 9.17) is 17.3 Å². The lowest BCUT2D eigenvalue weighted by Gasteiger charge is -2.42. The third-order valence-corrected chi connectivity index (χ3v) is 6.40. The van der Waals surface area contributed by atoms with Crippen LogP contribution in [-0.2, 0) is 17.6 Å². The number of halogens is 1. The molecule has 0 spiro atoms. The summed E-state index contributed by atoms with van der Waals surface area (Å²) in [4.78, 5) is 26.2. The van der Waals surface area contributed by atoms with Crippen LogP contribution in [0.1, 0.15) is 43.0 Å². The molecule has 2 heterocycles. The number of fused-ring (bicyclic) bond motifs is 1. The fourth-order valence-corrected chi connectivity index (χ4v) is 4.65. The number of carbonyl (C=O) groups excluding carboxylic acids is 1. The molecule has 1 saturated heterocycles. The number of carbonyl (C=O) groups is 1. The van der Waals surface area contributed by atoms with Crippen molar-refractivity contribution in [1.82, 2.24) is 14.9 Å². The summed E-state index contributed by atoms with van der Waals surface area (Å²) in [6.45, 7) is 6.47. The predicted octanol–water partition coefficient (Wildman–Crippen LogP) is 2.79. The maximum Gasteiger partial charge on any atom is 0.239 e. The Balaban J connectivity index is 1.42. The van der Waals surface area contributed by atoms with Gasteiger partial charge in [-0.05, 0) is 49.8 Å². The van der Waals surface area contributed by atoms with E-state index in [0.29, 0.717) is 30.5 Å². The highest BCUT2D eigenvalue weighted by atomic mass is 35.5. The summed E-state index contributed by atoms with van der Waals surface area (Å²) in [6, 6.07) is 7.15.